The highest BCUT2D eigenvalue weighted by atomic mass is 19.1. The minimum atomic E-state index is -0.420. The maximum atomic E-state index is 12.9. The lowest BCUT2D eigenvalue weighted by Gasteiger charge is -2.14. The summed E-state index contributed by atoms with van der Waals surface area (Å²) in [6, 6.07) is 13.4. The topological polar surface area (TPSA) is 46.2 Å². The molecule has 0 aliphatic heterocycles. The average Bonchev–Trinajstić information content (AvgIpc) is 2.39. The smallest absolute Gasteiger partial charge is 0.123 e. The van der Waals surface area contributed by atoms with E-state index in [0.29, 0.717) is 0 Å². The van der Waals surface area contributed by atoms with Crippen LogP contribution in [-0.4, -0.2) is 11.7 Å². The van der Waals surface area contributed by atoms with Crippen molar-refractivity contribution < 1.29 is 9.50 Å². The van der Waals surface area contributed by atoms with E-state index in [1.165, 1.54) is 12.1 Å². The van der Waals surface area contributed by atoms with E-state index in [1.54, 1.807) is 12.1 Å². The van der Waals surface area contributed by atoms with Gasteiger partial charge in [0, 0.05) is 0 Å². The summed E-state index contributed by atoms with van der Waals surface area (Å²) < 4.78 is 12.9. The maximum Gasteiger partial charge on any atom is 0.123 e. The average molecular weight is 231 g/mol. The molecule has 0 amide bonds. The van der Waals surface area contributed by atoms with Crippen molar-refractivity contribution in [2.24, 2.45) is 5.73 Å². The molecule has 0 unspecified atom stereocenters. The molecular formula is C14H14FNO. The SMILES string of the molecule is N[C@@H](CO)c1ccccc1-c1ccc(F)cc1. The van der Waals surface area contributed by atoms with Gasteiger partial charge in [0.15, 0.2) is 0 Å². The zero-order valence-corrected chi connectivity index (χ0v) is 9.31. The van der Waals surface area contributed by atoms with Crippen molar-refractivity contribution >= 4 is 0 Å². The van der Waals surface area contributed by atoms with E-state index >= 15 is 0 Å². The summed E-state index contributed by atoms with van der Waals surface area (Å²) in [6.45, 7) is -0.113. The first kappa shape index (κ1) is 11.8. The number of benzene rings is 2. The number of nitrogens with two attached hydrogens (primary N) is 1. The predicted molar refractivity (Wildman–Crippen MR) is 65.9 cm³/mol. The van der Waals surface area contributed by atoms with Crippen molar-refractivity contribution in [1.82, 2.24) is 0 Å². The Morgan fingerprint density at radius 3 is 2.35 bits per heavy atom. The first-order chi connectivity index (χ1) is 8.22. The predicted octanol–water partition coefficient (Wildman–Crippen LogP) is 2.48. The molecule has 0 saturated heterocycles. The summed E-state index contributed by atoms with van der Waals surface area (Å²) in [5, 5.41) is 9.12. The molecule has 0 spiro atoms. The van der Waals surface area contributed by atoms with Crippen molar-refractivity contribution in [3.8, 4) is 11.1 Å². The quantitative estimate of drug-likeness (QED) is 0.852. The molecule has 0 aliphatic rings. The third-order valence-corrected chi connectivity index (χ3v) is 2.71. The lowest BCUT2D eigenvalue weighted by atomic mass is 9.95. The largest absolute Gasteiger partial charge is 0.394 e. The van der Waals surface area contributed by atoms with Gasteiger partial charge in [0.1, 0.15) is 5.82 Å². The molecule has 3 heteroatoms. The van der Waals surface area contributed by atoms with Crippen LogP contribution in [0.2, 0.25) is 0 Å². The first-order valence-electron chi connectivity index (χ1n) is 5.43. The van der Waals surface area contributed by atoms with Crippen LogP contribution in [0.1, 0.15) is 11.6 Å². The van der Waals surface area contributed by atoms with Crippen LogP contribution in [0.3, 0.4) is 0 Å². The van der Waals surface area contributed by atoms with Gasteiger partial charge in [-0.05, 0) is 28.8 Å². The molecule has 0 heterocycles. The Morgan fingerprint density at radius 1 is 1.06 bits per heavy atom. The molecule has 0 aliphatic carbocycles. The van der Waals surface area contributed by atoms with Crippen LogP contribution in [0, 0.1) is 5.82 Å². The van der Waals surface area contributed by atoms with Crippen molar-refractivity contribution in [3.05, 3.63) is 59.9 Å². The molecule has 88 valence electrons. The monoisotopic (exact) mass is 231 g/mol. The number of aliphatic hydroxyl groups excluding tert-OH is 1. The van der Waals surface area contributed by atoms with Gasteiger partial charge in [-0.2, -0.15) is 0 Å². The number of halogens is 1. The summed E-state index contributed by atoms with van der Waals surface area (Å²) in [7, 11) is 0. The highest BCUT2D eigenvalue weighted by molar-refractivity contribution is 5.67. The minimum absolute atomic E-state index is 0.113. The van der Waals surface area contributed by atoms with Gasteiger partial charge in [-0.3, -0.25) is 0 Å². The zero-order chi connectivity index (χ0) is 12.3. The van der Waals surface area contributed by atoms with Crippen molar-refractivity contribution in [2.75, 3.05) is 6.61 Å². The fourth-order valence-electron chi connectivity index (χ4n) is 1.81. The zero-order valence-electron chi connectivity index (χ0n) is 9.31. The van der Waals surface area contributed by atoms with E-state index in [9.17, 15) is 4.39 Å². The van der Waals surface area contributed by atoms with Crippen LogP contribution < -0.4 is 5.73 Å². The van der Waals surface area contributed by atoms with E-state index in [0.717, 1.165) is 16.7 Å². The first-order valence-corrected chi connectivity index (χ1v) is 5.43. The molecule has 3 N–H and O–H groups in total. The standard InChI is InChI=1S/C14H14FNO/c15-11-7-5-10(6-8-11)12-3-1-2-4-13(12)14(16)9-17/h1-8,14,17H,9,16H2/t14-/m0/s1. The molecule has 0 aromatic heterocycles. The maximum absolute atomic E-state index is 12.9. The highest BCUT2D eigenvalue weighted by Gasteiger charge is 2.10. The van der Waals surface area contributed by atoms with Crippen LogP contribution in [0.25, 0.3) is 11.1 Å². The van der Waals surface area contributed by atoms with Crippen LogP contribution in [0.4, 0.5) is 4.39 Å². The van der Waals surface area contributed by atoms with E-state index in [-0.39, 0.29) is 12.4 Å². The van der Waals surface area contributed by atoms with Gasteiger partial charge < -0.3 is 10.8 Å². The number of aliphatic hydroxyl groups is 1. The lowest BCUT2D eigenvalue weighted by Crippen LogP contribution is -2.15. The minimum Gasteiger partial charge on any atom is -0.394 e. The van der Waals surface area contributed by atoms with E-state index in [1.807, 2.05) is 24.3 Å². The van der Waals surface area contributed by atoms with Gasteiger partial charge in [-0.1, -0.05) is 36.4 Å². The van der Waals surface area contributed by atoms with Gasteiger partial charge in [-0.25, -0.2) is 4.39 Å². The lowest BCUT2D eigenvalue weighted by molar-refractivity contribution is 0.268. The van der Waals surface area contributed by atoms with Gasteiger partial charge in [-0.15, -0.1) is 0 Å². The molecular weight excluding hydrogens is 217 g/mol. The number of hydrogen-bond donors (Lipinski definition) is 2. The molecule has 0 fully saturated rings. The fraction of sp³-hybridized carbons (Fsp3) is 0.143. The summed E-state index contributed by atoms with van der Waals surface area (Å²) in [4.78, 5) is 0. The second-order valence-electron chi connectivity index (χ2n) is 3.88. The second-order valence-corrected chi connectivity index (χ2v) is 3.88. The Labute approximate surface area is 99.5 Å². The number of rotatable bonds is 3. The normalized spacial score (nSPS) is 12.4. The fourth-order valence-corrected chi connectivity index (χ4v) is 1.81. The van der Waals surface area contributed by atoms with Crippen molar-refractivity contribution in [1.29, 1.82) is 0 Å². The summed E-state index contributed by atoms with van der Waals surface area (Å²) >= 11 is 0. The molecule has 1 atom stereocenters. The molecule has 0 bridgehead atoms. The van der Waals surface area contributed by atoms with Gasteiger partial charge in [0.25, 0.3) is 0 Å². The summed E-state index contributed by atoms with van der Waals surface area (Å²) in [5.41, 5.74) is 8.52. The van der Waals surface area contributed by atoms with Crippen LogP contribution >= 0.6 is 0 Å². The third kappa shape index (κ3) is 2.52. The summed E-state index contributed by atoms with van der Waals surface area (Å²) in [6.07, 6.45) is 0. The van der Waals surface area contributed by atoms with Crippen molar-refractivity contribution in [3.63, 3.8) is 0 Å². The van der Waals surface area contributed by atoms with Crippen molar-refractivity contribution in [2.45, 2.75) is 6.04 Å². The molecule has 2 aromatic carbocycles. The Hall–Kier alpha value is -1.71. The van der Waals surface area contributed by atoms with Gasteiger partial charge in [0.2, 0.25) is 0 Å². The van der Waals surface area contributed by atoms with E-state index < -0.39 is 6.04 Å². The Balaban J connectivity index is 2.48. The van der Waals surface area contributed by atoms with Crippen LogP contribution in [-0.2, 0) is 0 Å². The highest BCUT2D eigenvalue weighted by Crippen LogP contribution is 2.27. The molecule has 0 radical (unpaired) electrons. The molecule has 17 heavy (non-hydrogen) atoms. The second kappa shape index (κ2) is 5.08. The molecule has 0 saturated carbocycles. The number of hydrogen-bond acceptors (Lipinski definition) is 2. The molecule has 2 rings (SSSR count). The van der Waals surface area contributed by atoms with Gasteiger partial charge >= 0.3 is 0 Å². The summed E-state index contributed by atoms with van der Waals surface area (Å²) in [5.74, 6) is -0.266. The third-order valence-electron chi connectivity index (χ3n) is 2.71. The molecule has 2 aromatic rings. The van der Waals surface area contributed by atoms with Crippen LogP contribution in [0.5, 0.6) is 0 Å². The van der Waals surface area contributed by atoms with E-state index in [4.69, 9.17) is 10.8 Å². The van der Waals surface area contributed by atoms with E-state index in [2.05, 4.69) is 0 Å². The molecule has 2 nitrogen and oxygen atoms in total. The Bertz CT molecular complexity index is 496. The van der Waals surface area contributed by atoms with Gasteiger partial charge in [0.05, 0.1) is 12.6 Å². The Kier molecular flexibility index (Phi) is 3.52. The van der Waals surface area contributed by atoms with Crippen LogP contribution in [0.15, 0.2) is 48.5 Å². The Morgan fingerprint density at radius 2 is 1.71 bits per heavy atom.